The Balaban J connectivity index is 2.54. The molecule has 2 aromatic rings. The lowest BCUT2D eigenvalue weighted by molar-refractivity contribution is 1.03. The zero-order valence-corrected chi connectivity index (χ0v) is 9.96. The van der Waals surface area contributed by atoms with Crippen LogP contribution in [0.4, 0.5) is 0 Å². The van der Waals surface area contributed by atoms with Gasteiger partial charge >= 0.3 is 0 Å². The average Bonchev–Trinajstić information content (AvgIpc) is 2.63. The van der Waals surface area contributed by atoms with E-state index in [1.54, 1.807) is 0 Å². The summed E-state index contributed by atoms with van der Waals surface area (Å²) in [5.74, 6) is 0. The van der Waals surface area contributed by atoms with Gasteiger partial charge in [-0.2, -0.15) is 5.10 Å². The highest BCUT2D eigenvalue weighted by Crippen LogP contribution is 2.25. The monoisotopic (exact) mass is 215 g/mol. The van der Waals surface area contributed by atoms with Gasteiger partial charge in [0.05, 0.1) is 5.69 Å². The fourth-order valence-electron chi connectivity index (χ4n) is 1.83. The van der Waals surface area contributed by atoms with Crippen molar-refractivity contribution in [2.75, 3.05) is 0 Å². The van der Waals surface area contributed by atoms with Gasteiger partial charge in [0.1, 0.15) is 0 Å². The van der Waals surface area contributed by atoms with Crippen molar-refractivity contribution in [1.82, 2.24) is 10.2 Å². The standard InChI is InChI=1S/C13H17N3/c1-8-4-5-11(6-9(8)2)13-12(7-14)10(3)15-16-13/h4-6H,7,14H2,1-3H3,(H,15,16). The zero-order valence-electron chi connectivity index (χ0n) is 9.96. The van der Waals surface area contributed by atoms with Gasteiger partial charge in [-0.3, -0.25) is 5.10 Å². The van der Waals surface area contributed by atoms with Gasteiger partial charge in [0, 0.05) is 23.4 Å². The number of nitrogens with one attached hydrogen (secondary N) is 1. The van der Waals surface area contributed by atoms with E-state index in [1.807, 2.05) is 6.92 Å². The first-order valence-corrected chi connectivity index (χ1v) is 5.45. The number of aromatic nitrogens is 2. The van der Waals surface area contributed by atoms with E-state index < -0.39 is 0 Å². The Kier molecular flexibility index (Phi) is 2.79. The lowest BCUT2D eigenvalue weighted by Crippen LogP contribution is -1.99. The Morgan fingerprint density at radius 3 is 2.56 bits per heavy atom. The molecule has 3 nitrogen and oxygen atoms in total. The minimum absolute atomic E-state index is 0.518. The van der Waals surface area contributed by atoms with Crippen molar-refractivity contribution in [2.45, 2.75) is 27.3 Å². The third-order valence-electron chi connectivity index (χ3n) is 3.06. The second-order valence-electron chi connectivity index (χ2n) is 4.18. The molecule has 0 aliphatic carbocycles. The number of hydrogen-bond donors (Lipinski definition) is 2. The summed E-state index contributed by atoms with van der Waals surface area (Å²) < 4.78 is 0. The van der Waals surface area contributed by atoms with E-state index in [2.05, 4.69) is 42.2 Å². The molecule has 0 amide bonds. The highest BCUT2D eigenvalue weighted by Gasteiger charge is 2.10. The van der Waals surface area contributed by atoms with Gasteiger partial charge in [-0.1, -0.05) is 12.1 Å². The fourth-order valence-corrected chi connectivity index (χ4v) is 1.83. The van der Waals surface area contributed by atoms with Crippen molar-refractivity contribution in [3.63, 3.8) is 0 Å². The molecule has 0 saturated heterocycles. The van der Waals surface area contributed by atoms with Crippen molar-refractivity contribution < 1.29 is 0 Å². The van der Waals surface area contributed by atoms with Crippen LogP contribution in [0.2, 0.25) is 0 Å². The molecule has 1 aromatic carbocycles. The molecule has 0 bridgehead atoms. The van der Waals surface area contributed by atoms with Gasteiger partial charge in [-0.25, -0.2) is 0 Å². The third kappa shape index (κ3) is 1.74. The predicted octanol–water partition coefficient (Wildman–Crippen LogP) is 2.46. The van der Waals surface area contributed by atoms with Crippen LogP contribution in [-0.2, 0) is 6.54 Å². The second-order valence-corrected chi connectivity index (χ2v) is 4.18. The minimum atomic E-state index is 0.518. The maximum absolute atomic E-state index is 5.74. The second kappa shape index (κ2) is 4.10. The molecular weight excluding hydrogens is 198 g/mol. The molecule has 0 fully saturated rings. The number of nitrogens with two attached hydrogens (primary N) is 1. The summed E-state index contributed by atoms with van der Waals surface area (Å²) in [7, 11) is 0. The van der Waals surface area contributed by atoms with Gasteiger partial charge < -0.3 is 5.73 Å². The van der Waals surface area contributed by atoms with Gasteiger partial charge in [-0.05, 0) is 38.0 Å². The SMILES string of the molecule is Cc1ccc(-c2n[nH]c(C)c2CN)cc1C. The molecule has 0 saturated carbocycles. The highest BCUT2D eigenvalue weighted by molar-refractivity contribution is 5.65. The van der Waals surface area contributed by atoms with Crippen LogP contribution in [-0.4, -0.2) is 10.2 Å². The summed E-state index contributed by atoms with van der Waals surface area (Å²) >= 11 is 0. The number of rotatable bonds is 2. The smallest absolute Gasteiger partial charge is 0.0968 e. The molecule has 0 atom stereocenters. The molecule has 0 radical (unpaired) electrons. The fraction of sp³-hybridized carbons (Fsp3) is 0.308. The van der Waals surface area contributed by atoms with E-state index in [4.69, 9.17) is 5.73 Å². The number of nitrogens with zero attached hydrogens (tertiary/aromatic N) is 1. The van der Waals surface area contributed by atoms with E-state index >= 15 is 0 Å². The number of benzene rings is 1. The normalized spacial score (nSPS) is 10.8. The van der Waals surface area contributed by atoms with Crippen LogP contribution >= 0.6 is 0 Å². The lowest BCUT2D eigenvalue weighted by atomic mass is 10.0. The van der Waals surface area contributed by atoms with Crippen LogP contribution in [0.5, 0.6) is 0 Å². The van der Waals surface area contributed by atoms with Crippen molar-refractivity contribution in [1.29, 1.82) is 0 Å². The molecule has 1 heterocycles. The summed E-state index contributed by atoms with van der Waals surface area (Å²) in [6.07, 6.45) is 0. The molecule has 1 aromatic heterocycles. The largest absolute Gasteiger partial charge is 0.326 e. The van der Waals surface area contributed by atoms with Gasteiger partial charge in [-0.15, -0.1) is 0 Å². The Morgan fingerprint density at radius 2 is 1.94 bits per heavy atom. The summed E-state index contributed by atoms with van der Waals surface area (Å²) in [5, 5.41) is 7.31. The van der Waals surface area contributed by atoms with E-state index in [0.29, 0.717) is 6.54 Å². The summed E-state index contributed by atoms with van der Waals surface area (Å²) in [5.41, 5.74) is 12.6. The molecule has 3 N–H and O–H groups in total. The molecule has 84 valence electrons. The molecule has 0 spiro atoms. The van der Waals surface area contributed by atoms with E-state index in [-0.39, 0.29) is 0 Å². The minimum Gasteiger partial charge on any atom is -0.326 e. The number of aryl methyl sites for hydroxylation is 3. The Hall–Kier alpha value is -1.61. The number of H-pyrrole nitrogens is 1. The first kappa shape index (κ1) is 10.9. The van der Waals surface area contributed by atoms with Crippen LogP contribution in [0.3, 0.4) is 0 Å². The van der Waals surface area contributed by atoms with Crippen LogP contribution in [0.1, 0.15) is 22.4 Å². The summed E-state index contributed by atoms with van der Waals surface area (Å²) in [6, 6.07) is 6.37. The topological polar surface area (TPSA) is 54.7 Å². The molecule has 0 aliphatic rings. The number of hydrogen-bond acceptors (Lipinski definition) is 2. The van der Waals surface area contributed by atoms with Gasteiger partial charge in [0.25, 0.3) is 0 Å². The molecule has 2 rings (SSSR count). The molecule has 0 unspecified atom stereocenters. The van der Waals surface area contributed by atoms with Gasteiger partial charge in [0.2, 0.25) is 0 Å². The Bertz CT molecular complexity index is 512. The quantitative estimate of drug-likeness (QED) is 0.808. The molecular formula is C13H17N3. The van der Waals surface area contributed by atoms with Crippen molar-refractivity contribution >= 4 is 0 Å². The zero-order chi connectivity index (χ0) is 11.7. The van der Waals surface area contributed by atoms with E-state index in [9.17, 15) is 0 Å². The van der Waals surface area contributed by atoms with Crippen LogP contribution in [0.25, 0.3) is 11.3 Å². The highest BCUT2D eigenvalue weighted by atomic mass is 15.1. The van der Waals surface area contributed by atoms with Crippen LogP contribution in [0, 0.1) is 20.8 Å². The van der Waals surface area contributed by atoms with Gasteiger partial charge in [0.15, 0.2) is 0 Å². The third-order valence-corrected chi connectivity index (χ3v) is 3.06. The van der Waals surface area contributed by atoms with Crippen LogP contribution < -0.4 is 5.73 Å². The maximum Gasteiger partial charge on any atom is 0.0968 e. The average molecular weight is 215 g/mol. The van der Waals surface area contributed by atoms with Crippen molar-refractivity contribution in [3.8, 4) is 11.3 Å². The molecule has 3 heteroatoms. The van der Waals surface area contributed by atoms with Crippen molar-refractivity contribution in [2.24, 2.45) is 5.73 Å². The van der Waals surface area contributed by atoms with E-state index in [1.165, 1.54) is 11.1 Å². The molecule has 16 heavy (non-hydrogen) atoms. The Morgan fingerprint density at radius 1 is 1.19 bits per heavy atom. The molecule has 0 aliphatic heterocycles. The maximum atomic E-state index is 5.74. The first-order valence-electron chi connectivity index (χ1n) is 5.45. The first-order chi connectivity index (χ1) is 7.63. The summed E-state index contributed by atoms with van der Waals surface area (Å²) in [6.45, 7) is 6.74. The van der Waals surface area contributed by atoms with Crippen LogP contribution in [0.15, 0.2) is 18.2 Å². The van der Waals surface area contributed by atoms with Crippen molar-refractivity contribution in [3.05, 3.63) is 40.6 Å². The number of aromatic amines is 1. The lowest BCUT2D eigenvalue weighted by Gasteiger charge is -2.04. The van der Waals surface area contributed by atoms with E-state index in [0.717, 1.165) is 22.5 Å². The Labute approximate surface area is 95.7 Å². The predicted molar refractivity (Wildman–Crippen MR) is 66.1 cm³/mol. The summed E-state index contributed by atoms with van der Waals surface area (Å²) in [4.78, 5) is 0.